The molecular weight excluding hydrogens is 272 g/mol. The maximum absolute atomic E-state index is 11.9. The summed E-state index contributed by atoms with van der Waals surface area (Å²) in [6, 6.07) is 0.244. The van der Waals surface area contributed by atoms with Gasteiger partial charge in [0.05, 0.1) is 0 Å². The van der Waals surface area contributed by atoms with Crippen LogP contribution in [0.2, 0.25) is 0 Å². The lowest BCUT2D eigenvalue weighted by Gasteiger charge is -2.33. The van der Waals surface area contributed by atoms with Crippen LogP contribution in [-0.2, 0) is 10.0 Å². The summed E-state index contributed by atoms with van der Waals surface area (Å²) in [6.07, 6.45) is 3.24. The Kier molecular flexibility index (Phi) is 5.32. The number of thiocarbonyl (C=S) groups is 1. The molecule has 8 heteroatoms. The van der Waals surface area contributed by atoms with Gasteiger partial charge in [0.15, 0.2) is 5.11 Å². The molecule has 1 rings (SSSR count). The fraction of sp³-hybridized carbons (Fsp3) is 0.900. The van der Waals surface area contributed by atoms with Crippen LogP contribution in [0, 0.1) is 5.92 Å². The van der Waals surface area contributed by atoms with Crippen molar-refractivity contribution in [2.24, 2.45) is 17.4 Å². The number of rotatable bonds is 4. The minimum atomic E-state index is -3.38. The molecule has 1 saturated carbocycles. The van der Waals surface area contributed by atoms with Crippen LogP contribution < -0.4 is 16.8 Å². The molecule has 1 aliphatic carbocycles. The summed E-state index contributed by atoms with van der Waals surface area (Å²) in [7, 11) is -0.359. The summed E-state index contributed by atoms with van der Waals surface area (Å²) in [4.78, 5) is 0. The van der Waals surface area contributed by atoms with E-state index in [4.69, 9.17) is 23.7 Å². The predicted octanol–water partition coefficient (Wildman–Crippen LogP) is -0.445. The zero-order valence-corrected chi connectivity index (χ0v) is 12.4. The van der Waals surface area contributed by atoms with Gasteiger partial charge in [-0.2, -0.15) is 0 Å². The van der Waals surface area contributed by atoms with Gasteiger partial charge in [0.1, 0.15) is 5.37 Å². The average Bonchev–Trinajstić information content (AvgIpc) is 2.28. The summed E-state index contributed by atoms with van der Waals surface area (Å²) in [5.41, 5.74) is 11.3. The molecule has 1 unspecified atom stereocenters. The molecule has 0 radical (unpaired) electrons. The highest BCUT2D eigenvalue weighted by Crippen LogP contribution is 2.28. The second-order valence-corrected chi connectivity index (χ2v) is 7.66. The number of hydrogen-bond acceptors (Lipinski definition) is 4. The topological polar surface area (TPSA) is 101 Å². The summed E-state index contributed by atoms with van der Waals surface area (Å²) >= 11 is 4.79. The van der Waals surface area contributed by atoms with Crippen LogP contribution in [0.25, 0.3) is 0 Å². The smallest absolute Gasteiger partial charge is 0.229 e. The second kappa shape index (κ2) is 6.14. The number of nitrogens with zero attached hydrogens (tertiary/aromatic N) is 1. The first kappa shape index (κ1) is 15.6. The van der Waals surface area contributed by atoms with Gasteiger partial charge in [0.25, 0.3) is 0 Å². The highest BCUT2D eigenvalue weighted by Gasteiger charge is 2.34. The summed E-state index contributed by atoms with van der Waals surface area (Å²) < 4.78 is 25.1. The van der Waals surface area contributed by atoms with Gasteiger partial charge in [-0.05, 0) is 43.8 Å². The Balaban J connectivity index is 2.55. The Morgan fingerprint density at radius 1 is 1.33 bits per heavy atom. The van der Waals surface area contributed by atoms with Crippen LogP contribution in [-0.4, -0.2) is 43.3 Å². The molecule has 6 nitrogen and oxygen atoms in total. The second-order valence-electron chi connectivity index (χ2n) is 4.91. The summed E-state index contributed by atoms with van der Waals surface area (Å²) in [5, 5.41) is 2.49. The van der Waals surface area contributed by atoms with Crippen molar-refractivity contribution in [3.8, 4) is 0 Å². The third kappa shape index (κ3) is 3.78. The molecule has 0 bridgehead atoms. The van der Waals surface area contributed by atoms with E-state index in [1.807, 2.05) is 0 Å². The van der Waals surface area contributed by atoms with E-state index >= 15 is 0 Å². The van der Waals surface area contributed by atoms with E-state index in [0.717, 1.165) is 25.7 Å². The van der Waals surface area contributed by atoms with E-state index in [9.17, 15) is 8.42 Å². The number of nitrogens with one attached hydrogen (secondary N) is 1. The van der Waals surface area contributed by atoms with Gasteiger partial charge in [-0.1, -0.05) is 0 Å². The molecule has 1 fully saturated rings. The Morgan fingerprint density at radius 3 is 2.22 bits per heavy atom. The van der Waals surface area contributed by atoms with E-state index in [1.54, 1.807) is 0 Å². The van der Waals surface area contributed by atoms with E-state index in [-0.39, 0.29) is 12.0 Å². The molecule has 0 aromatic rings. The van der Waals surface area contributed by atoms with Crippen molar-refractivity contribution < 1.29 is 8.42 Å². The first-order chi connectivity index (χ1) is 8.25. The van der Waals surface area contributed by atoms with Gasteiger partial charge in [-0.15, -0.1) is 0 Å². The van der Waals surface area contributed by atoms with Gasteiger partial charge >= 0.3 is 0 Å². The zero-order valence-electron chi connectivity index (χ0n) is 10.8. The van der Waals surface area contributed by atoms with Gasteiger partial charge in [0.2, 0.25) is 10.0 Å². The molecule has 0 aromatic carbocycles. The number of sulfonamides is 1. The van der Waals surface area contributed by atoms with Crippen molar-refractivity contribution in [3.05, 3.63) is 0 Å². The van der Waals surface area contributed by atoms with Crippen LogP contribution in [0.3, 0.4) is 0 Å². The summed E-state index contributed by atoms with van der Waals surface area (Å²) in [5.74, 6) is 0.00166. The van der Waals surface area contributed by atoms with Gasteiger partial charge in [-0.25, -0.2) is 12.7 Å². The van der Waals surface area contributed by atoms with Gasteiger partial charge in [-0.3, -0.25) is 0 Å². The lowest BCUT2D eigenvalue weighted by Crippen LogP contribution is -2.48. The molecule has 0 aliphatic heterocycles. The zero-order chi connectivity index (χ0) is 13.9. The van der Waals surface area contributed by atoms with Crippen molar-refractivity contribution in [2.45, 2.75) is 37.1 Å². The Bertz CT molecular complexity index is 389. The molecule has 0 aromatic heterocycles. The minimum Gasteiger partial charge on any atom is -0.376 e. The van der Waals surface area contributed by atoms with Crippen molar-refractivity contribution in [3.63, 3.8) is 0 Å². The molecule has 0 heterocycles. The highest BCUT2D eigenvalue weighted by molar-refractivity contribution is 7.89. The fourth-order valence-electron chi connectivity index (χ4n) is 2.28. The van der Waals surface area contributed by atoms with Crippen molar-refractivity contribution in [1.82, 2.24) is 9.62 Å². The summed E-state index contributed by atoms with van der Waals surface area (Å²) in [6.45, 7) is 0. The fourth-order valence-corrected chi connectivity index (χ4v) is 3.69. The first-order valence-corrected chi connectivity index (χ1v) is 7.89. The van der Waals surface area contributed by atoms with Crippen LogP contribution in [0.4, 0.5) is 0 Å². The van der Waals surface area contributed by atoms with Crippen LogP contribution in [0.1, 0.15) is 25.7 Å². The normalized spacial score (nSPS) is 26.9. The van der Waals surface area contributed by atoms with Gasteiger partial charge in [0, 0.05) is 20.1 Å². The largest absolute Gasteiger partial charge is 0.376 e. The molecule has 0 amide bonds. The number of hydrogen-bond donors (Lipinski definition) is 3. The molecular formula is C10H22N4O2S2. The third-order valence-electron chi connectivity index (χ3n) is 3.44. The van der Waals surface area contributed by atoms with Crippen LogP contribution in [0.5, 0.6) is 0 Å². The maximum Gasteiger partial charge on any atom is 0.229 e. The van der Waals surface area contributed by atoms with Crippen molar-refractivity contribution in [2.75, 3.05) is 14.1 Å². The lowest BCUT2D eigenvalue weighted by atomic mass is 9.86. The molecule has 0 saturated heterocycles. The SMILES string of the molecule is CN(C)S(=O)(=O)C(N)C1CCC(NC(N)=S)CC1. The molecule has 1 atom stereocenters. The molecule has 18 heavy (non-hydrogen) atoms. The monoisotopic (exact) mass is 294 g/mol. The van der Waals surface area contributed by atoms with E-state index in [1.165, 1.54) is 18.4 Å². The van der Waals surface area contributed by atoms with Crippen LogP contribution >= 0.6 is 12.2 Å². The Labute approximate surface area is 114 Å². The lowest BCUT2D eigenvalue weighted by molar-refractivity contribution is 0.297. The van der Waals surface area contributed by atoms with Crippen molar-refractivity contribution >= 4 is 27.4 Å². The number of nitrogens with two attached hydrogens (primary N) is 2. The molecule has 0 spiro atoms. The third-order valence-corrected chi connectivity index (χ3v) is 5.64. The van der Waals surface area contributed by atoms with Crippen LogP contribution in [0.15, 0.2) is 0 Å². The van der Waals surface area contributed by atoms with E-state index in [0.29, 0.717) is 5.11 Å². The highest BCUT2D eigenvalue weighted by atomic mass is 32.2. The van der Waals surface area contributed by atoms with E-state index < -0.39 is 15.4 Å². The molecule has 5 N–H and O–H groups in total. The minimum absolute atomic E-state index is 0.00166. The standard InChI is InChI=1S/C10H22N4O2S2/c1-14(2)18(15,16)9(11)7-3-5-8(6-4-7)13-10(12)17/h7-9H,3-6,11H2,1-2H3,(H3,12,13,17). The van der Waals surface area contributed by atoms with Gasteiger partial charge < -0.3 is 16.8 Å². The molecule has 1 aliphatic rings. The van der Waals surface area contributed by atoms with E-state index in [2.05, 4.69) is 5.32 Å². The van der Waals surface area contributed by atoms with Crippen molar-refractivity contribution in [1.29, 1.82) is 0 Å². The Morgan fingerprint density at radius 2 is 1.83 bits per heavy atom. The maximum atomic E-state index is 11.9. The first-order valence-electron chi connectivity index (χ1n) is 5.98. The Hall–Kier alpha value is -0.440. The molecule has 106 valence electrons. The quantitative estimate of drug-likeness (QED) is 0.607. The predicted molar refractivity (Wildman–Crippen MR) is 76.2 cm³/mol. The average molecular weight is 294 g/mol.